The Hall–Kier alpha value is 0.310. The van der Waals surface area contributed by atoms with Crippen LogP contribution in [0.3, 0.4) is 0 Å². The third kappa shape index (κ3) is 8.31. The van der Waals surface area contributed by atoms with E-state index in [1.807, 2.05) is 18.8 Å². The fourth-order valence-corrected chi connectivity index (χ4v) is 1.40. The summed E-state index contributed by atoms with van der Waals surface area (Å²) in [5.74, 6) is 2.59. The first kappa shape index (κ1) is 9.31. The Morgan fingerprint density at radius 3 is 2.67 bits per heavy atom. The van der Waals surface area contributed by atoms with E-state index in [2.05, 4.69) is 12.2 Å². The van der Waals surface area contributed by atoms with Crippen LogP contribution in [0.2, 0.25) is 0 Å². The molecule has 56 valence electrons. The molecule has 0 aliphatic heterocycles. The maximum absolute atomic E-state index is 4.02. The highest BCUT2D eigenvalue weighted by atomic mass is 32.2. The minimum atomic E-state index is 1.04. The quantitative estimate of drug-likeness (QED) is 0.525. The van der Waals surface area contributed by atoms with Gasteiger partial charge in [0, 0.05) is 0 Å². The summed E-state index contributed by atoms with van der Waals surface area (Å²) in [6.07, 6.45) is 2.55. The van der Waals surface area contributed by atoms with Crippen LogP contribution >= 0.6 is 11.8 Å². The molecule has 1 nitrogen and oxygen atoms in total. The van der Waals surface area contributed by atoms with Crippen LogP contribution in [0.4, 0.5) is 0 Å². The zero-order chi connectivity index (χ0) is 6.95. The van der Waals surface area contributed by atoms with Crippen LogP contribution in [-0.2, 0) is 0 Å². The molecule has 0 N–H and O–H groups in total. The molecule has 0 aliphatic rings. The van der Waals surface area contributed by atoms with Crippen LogP contribution in [0, 0.1) is 0 Å². The first-order valence-corrected chi connectivity index (χ1v) is 4.70. The van der Waals surface area contributed by atoms with E-state index in [9.17, 15) is 0 Å². The topological polar surface area (TPSA) is 14.1 Å². The second-order valence-corrected chi connectivity index (χ2v) is 3.23. The molecule has 0 aliphatic carbocycles. The van der Waals surface area contributed by atoms with Crippen LogP contribution in [0.5, 0.6) is 0 Å². The molecule has 0 atom stereocenters. The molecule has 0 aromatic carbocycles. The molecule has 0 aromatic rings. The first-order valence-electron chi connectivity index (χ1n) is 3.55. The number of hydrogen-bond donors (Lipinski definition) is 0. The molecule has 0 unspecified atom stereocenters. The van der Waals surface area contributed by atoms with Gasteiger partial charge in [0.25, 0.3) is 0 Å². The molecule has 0 spiro atoms. The first-order chi connectivity index (χ1) is 4.41. The van der Waals surface area contributed by atoms with Gasteiger partial charge in [-0.05, 0) is 17.9 Å². The lowest BCUT2D eigenvalue weighted by Crippen LogP contribution is -1.86. The summed E-state index contributed by atoms with van der Waals surface area (Å²) in [6.45, 7) is 3.26. The van der Waals surface area contributed by atoms with Crippen molar-refractivity contribution in [3.05, 3.63) is 5.32 Å². The molecule has 0 heterocycles. The molecule has 9 heavy (non-hydrogen) atoms. The van der Waals surface area contributed by atoms with Crippen LogP contribution in [-0.4, -0.2) is 25.1 Å². The van der Waals surface area contributed by atoms with Gasteiger partial charge in [-0.2, -0.15) is 18.8 Å². The van der Waals surface area contributed by atoms with Gasteiger partial charge >= 0.3 is 0 Å². The highest BCUT2D eigenvalue weighted by molar-refractivity contribution is 7.99. The van der Waals surface area contributed by atoms with Gasteiger partial charge in [0.05, 0.1) is 0 Å². The van der Waals surface area contributed by atoms with Gasteiger partial charge in [-0.15, -0.1) is 6.54 Å². The smallest absolute Gasteiger partial charge is 0.00702 e. The number of nitrogens with zero attached hydrogens (tertiary/aromatic N) is 1. The Labute approximate surface area is 62.6 Å². The summed E-state index contributed by atoms with van der Waals surface area (Å²) in [4.78, 5) is 0. The van der Waals surface area contributed by atoms with E-state index < -0.39 is 0 Å². The van der Waals surface area contributed by atoms with Crippen molar-refractivity contribution in [1.82, 2.24) is 0 Å². The summed E-state index contributed by atoms with van der Waals surface area (Å²) in [5, 5.41) is 4.02. The zero-order valence-electron chi connectivity index (χ0n) is 6.39. The molecular formula is C7H16NS-. The molecular weight excluding hydrogens is 130 g/mol. The van der Waals surface area contributed by atoms with E-state index >= 15 is 0 Å². The van der Waals surface area contributed by atoms with E-state index in [-0.39, 0.29) is 0 Å². The third-order valence-corrected chi connectivity index (χ3v) is 2.29. The van der Waals surface area contributed by atoms with Gasteiger partial charge in [-0.3, -0.25) is 0 Å². The van der Waals surface area contributed by atoms with Gasteiger partial charge in [0.1, 0.15) is 0 Å². The van der Waals surface area contributed by atoms with E-state index in [0.717, 1.165) is 6.54 Å². The Balaban J connectivity index is 2.60. The van der Waals surface area contributed by atoms with Crippen molar-refractivity contribution < 1.29 is 0 Å². The third-order valence-electron chi connectivity index (χ3n) is 1.02. The van der Waals surface area contributed by atoms with Gasteiger partial charge in [0.15, 0.2) is 0 Å². The monoisotopic (exact) mass is 146 g/mol. The predicted molar refractivity (Wildman–Crippen MR) is 46.4 cm³/mol. The SMILES string of the molecule is CCCSCCC[N-]C. The van der Waals surface area contributed by atoms with Crippen molar-refractivity contribution >= 4 is 11.8 Å². The minimum absolute atomic E-state index is 1.04. The fourth-order valence-electron chi connectivity index (χ4n) is 0.571. The second-order valence-electron chi connectivity index (χ2n) is 2.01. The molecule has 0 amide bonds. The Kier molecular flexibility index (Phi) is 8.60. The number of rotatable bonds is 6. The maximum atomic E-state index is 4.02. The lowest BCUT2D eigenvalue weighted by Gasteiger charge is -2.08. The highest BCUT2D eigenvalue weighted by Crippen LogP contribution is 2.03. The van der Waals surface area contributed by atoms with Gasteiger partial charge in [-0.25, -0.2) is 0 Å². The Morgan fingerprint density at radius 2 is 2.11 bits per heavy atom. The molecule has 0 saturated carbocycles. The average molecular weight is 146 g/mol. The van der Waals surface area contributed by atoms with Crippen molar-refractivity contribution in [2.45, 2.75) is 19.8 Å². The lowest BCUT2D eigenvalue weighted by atomic mass is 10.5. The minimum Gasteiger partial charge on any atom is -0.665 e. The molecule has 0 radical (unpaired) electrons. The maximum Gasteiger partial charge on any atom is -0.00702 e. The van der Waals surface area contributed by atoms with E-state index in [1.165, 1.54) is 24.3 Å². The summed E-state index contributed by atoms with van der Waals surface area (Å²) in [7, 11) is 1.88. The lowest BCUT2D eigenvalue weighted by molar-refractivity contribution is 1.01. The Bertz CT molecular complexity index is 42.2. The van der Waals surface area contributed by atoms with Crippen molar-refractivity contribution in [3.8, 4) is 0 Å². The van der Waals surface area contributed by atoms with Crippen LogP contribution in [0.25, 0.3) is 5.32 Å². The standard InChI is InChI=1S/C7H16NS/c1-3-6-9-7-4-5-8-2/h3-7H2,1-2H3/q-1. The second kappa shape index (κ2) is 8.31. The van der Waals surface area contributed by atoms with Gasteiger partial charge in [0.2, 0.25) is 0 Å². The summed E-state index contributed by atoms with van der Waals surface area (Å²) < 4.78 is 0. The van der Waals surface area contributed by atoms with E-state index in [1.54, 1.807) is 0 Å². The van der Waals surface area contributed by atoms with Gasteiger partial charge < -0.3 is 5.32 Å². The number of hydrogen-bond acceptors (Lipinski definition) is 1. The average Bonchev–Trinajstić information content (AvgIpc) is 1.89. The molecule has 0 fully saturated rings. The molecule has 0 aromatic heterocycles. The summed E-state index contributed by atoms with van der Waals surface area (Å²) in [6, 6.07) is 0. The van der Waals surface area contributed by atoms with Crippen molar-refractivity contribution in [3.63, 3.8) is 0 Å². The van der Waals surface area contributed by atoms with E-state index in [0.29, 0.717) is 0 Å². The van der Waals surface area contributed by atoms with Crippen LogP contribution in [0.1, 0.15) is 19.8 Å². The molecule has 0 rings (SSSR count). The molecule has 0 saturated heterocycles. The van der Waals surface area contributed by atoms with E-state index in [4.69, 9.17) is 0 Å². The normalized spacial score (nSPS) is 10.0. The Morgan fingerprint density at radius 1 is 1.33 bits per heavy atom. The van der Waals surface area contributed by atoms with Crippen LogP contribution in [0.15, 0.2) is 0 Å². The molecule has 2 heteroatoms. The van der Waals surface area contributed by atoms with Gasteiger partial charge in [-0.1, -0.05) is 13.3 Å². The van der Waals surface area contributed by atoms with Crippen molar-refractivity contribution in [2.24, 2.45) is 0 Å². The van der Waals surface area contributed by atoms with Crippen LogP contribution < -0.4 is 0 Å². The predicted octanol–water partition coefficient (Wildman–Crippen LogP) is 2.52. The summed E-state index contributed by atoms with van der Waals surface area (Å²) >= 11 is 2.03. The summed E-state index contributed by atoms with van der Waals surface area (Å²) in [5.41, 5.74) is 0. The highest BCUT2D eigenvalue weighted by Gasteiger charge is 1.81. The van der Waals surface area contributed by atoms with Crippen molar-refractivity contribution in [2.75, 3.05) is 25.1 Å². The zero-order valence-corrected chi connectivity index (χ0v) is 7.21. The number of thioether (sulfide) groups is 1. The largest absolute Gasteiger partial charge is 0.665 e. The molecule has 0 bridgehead atoms. The fraction of sp³-hybridized carbons (Fsp3) is 1.00. The van der Waals surface area contributed by atoms with Crippen molar-refractivity contribution in [1.29, 1.82) is 0 Å².